The molecule has 2 nitrogen and oxygen atoms in total. The molecule has 15 heavy (non-hydrogen) atoms. The fourth-order valence-electron chi connectivity index (χ4n) is 0.999. The summed E-state index contributed by atoms with van der Waals surface area (Å²) in [5.41, 5.74) is 0.753. The third kappa shape index (κ3) is 3.20. The van der Waals surface area contributed by atoms with E-state index in [1.54, 1.807) is 6.92 Å². The van der Waals surface area contributed by atoms with Gasteiger partial charge in [-0.3, -0.25) is 4.79 Å². The summed E-state index contributed by atoms with van der Waals surface area (Å²) in [4.78, 5) is 14.3. The molecule has 0 saturated heterocycles. The topological polar surface area (TPSA) is 30.0 Å². The van der Waals surface area contributed by atoms with E-state index in [0.717, 1.165) is 0 Å². The lowest BCUT2D eigenvalue weighted by atomic mass is 10.1. The molecular formula is C9H7ClF3NO. The minimum atomic E-state index is -4.80. The van der Waals surface area contributed by atoms with Crippen molar-refractivity contribution in [3.8, 4) is 0 Å². The van der Waals surface area contributed by atoms with Crippen LogP contribution in [0.25, 0.3) is 0 Å². The van der Waals surface area contributed by atoms with Gasteiger partial charge < -0.3 is 0 Å². The van der Waals surface area contributed by atoms with Gasteiger partial charge >= 0.3 is 6.18 Å². The first kappa shape index (κ1) is 12.0. The number of alkyl halides is 3. The first-order valence-electron chi connectivity index (χ1n) is 4.01. The monoisotopic (exact) mass is 237 g/mol. The maximum Gasteiger partial charge on any atom is 0.450 e. The molecule has 0 aliphatic heterocycles. The van der Waals surface area contributed by atoms with E-state index in [9.17, 15) is 18.0 Å². The van der Waals surface area contributed by atoms with Gasteiger partial charge in [0.1, 0.15) is 5.15 Å². The number of Topliss-reactive ketones (excluding diaryl/α,β-unsaturated/α-hetero) is 1. The van der Waals surface area contributed by atoms with Crippen LogP contribution in [0.5, 0.6) is 0 Å². The van der Waals surface area contributed by atoms with Gasteiger partial charge in [0.15, 0.2) is 0 Å². The van der Waals surface area contributed by atoms with Gasteiger partial charge in [-0.25, -0.2) is 4.98 Å². The van der Waals surface area contributed by atoms with Crippen LogP contribution in [0, 0.1) is 6.92 Å². The number of hydrogen-bond donors (Lipinski definition) is 0. The van der Waals surface area contributed by atoms with Crippen LogP contribution in [0.15, 0.2) is 12.3 Å². The molecule has 0 radical (unpaired) electrons. The summed E-state index contributed by atoms with van der Waals surface area (Å²) in [6.07, 6.45) is -4.33. The van der Waals surface area contributed by atoms with Crippen molar-refractivity contribution in [1.29, 1.82) is 0 Å². The van der Waals surface area contributed by atoms with Crippen molar-refractivity contribution in [3.05, 3.63) is 28.5 Å². The molecule has 1 aromatic heterocycles. The molecule has 0 saturated carbocycles. The SMILES string of the molecule is Cc1cc(CC(=O)C(F)(F)F)cnc1Cl. The second-order valence-electron chi connectivity index (χ2n) is 3.05. The summed E-state index contributed by atoms with van der Waals surface area (Å²) < 4.78 is 35.8. The number of pyridine rings is 1. The van der Waals surface area contributed by atoms with Crippen molar-refractivity contribution in [2.75, 3.05) is 0 Å². The van der Waals surface area contributed by atoms with Crippen LogP contribution >= 0.6 is 11.6 Å². The number of halogens is 4. The number of aromatic nitrogens is 1. The molecule has 0 N–H and O–H groups in total. The Kier molecular flexibility index (Phi) is 3.34. The zero-order valence-corrected chi connectivity index (χ0v) is 8.49. The smallest absolute Gasteiger partial charge is 0.289 e. The average Bonchev–Trinajstić information content (AvgIpc) is 2.10. The Balaban J connectivity index is 2.83. The number of ketones is 1. The van der Waals surface area contributed by atoms with Crippen molar-refractivity contribution in [2.45, 2.75) is 19.5 Å². The van der Waals surface area contributed by atoms with E-state index in [-0.39, 0.29) is 10.7 Å². The van der Waals surface area contributed by atoms with Crippen LogP contribution < -0.4 is 0 Å². The quantitative estimate of drug-likeness (QED) is 0.741. The van der Waals surface area contributed by atoms with E-state index in [0.29, 0.717) is 5.56 Å². The summed E-state index contributed by atoms with van der Waals surface area (Å²) in [6.45, 7) is 1.61. The van der Waals surface area contributed by atoms with Gasteiger partial charge in [-0.2, -0.15) is 13.2 Å². The number of aryl methyl sites for hydroxylation is 1. The molecule has 0 aliphatic carbocycles. The third-order valence-corrected chi connectivity index (χ3v) is 2.15. The Bertz CT molecular complexity index is 389. The third-order valence-electron chi connectivity index (χ3n) is 1.75. The highest BCUT2D eigenvalue weighted by atomic mass is 35.5. The van der Waals surface area contributed by atoms with Gasteiger partial charge in [-0.15, -0.1) is 0 Å². The van der Waals surface area contributed by atoms with Crippen molar-refractivity contribution in [3.63, 3.8) is 0 Å². The molecule has 82 valence electrons. The van der Waals surface area contributed by atoms with Crippen molar-refractivity contribution in [2.24, 2.45) is 0 Å². The van der Waals surface area contributed by atoms with Crippen LogP contribution in [0.2, 0.25) is 5.15 Å². The Hall–Kier alpha value is -1.10. The summed E-state index contributed by atoms with van der Waals surface area (Å²) in [5.74, 6) is -1.79. The fraction of sp³-hybridized carbons (Fsp3) is 0.333. The second-order valence-corrected chi connectivity index (χ2v) is 3.41. The van der Waals surface area contributed by atoms with Crippen molar-refractivity contribution >= 4 is 17.4 Å². The second kappa shape index (κ2) is 4.18. The van der Waals surface area contributed by atoms with E-state index >= 15 is 0 Å². The molecule has 0 unspecified atom stereocenters. The Labute approximate surface area is 89.1 Å². The Morgan fingerprint density at radius 1 is 1.53 bits per heavy atom. The first-order chi connectivity index (χ1) is 6.80. The minimum absolute atomic E-state index is 0.208. The van der Waals surface area contributed by atoms with Crippen molar-refractivity contribution < 1.29 is 18.0 Å². The number of hydrogen-bond acceptors (Lipinski definition) is 2. The Morgan fingerprint density at radius 3 is 2.60 bits per heavy atom. The molecule has 0 aliphatic rings. The van der Waals surface area contributed by atoms with Gasteiger partial charge in [0.2, 0.25) is 5.78 Å². The van der Waals surface area contributed by atoms with E-state index in [4.69, 9.17) is 11.6 Å². The lowest BCUT2D eigenvalue weighted by molar-refractivity contribution is -0.170. The normalized spacial score (nSPS) is 11.5. The number of rotatable bonds is 2. The van der Waals surface area contributed by atoms with Crippen LogP contribution in [0.3, 0.4) is 0 Å². The van der Waals surface area contributed by atoms with Crippen LogP contribution in [0.4, 0.5) is 13.2 Å². The van der Waals surface area contributed by atoms with E-state index < -0.39 is 18.4 Å². The molecule has 0 spiro atoms. The minimum Gasteiger partial charge on any atom is -0.289 e. The summed E-state index contributed by atoms with van der Waals surface area (Å²) in [6, 6.07) is 1.42. The lowest BCUT2D eigenvalue weighted by Crippen LogP contribution is -2.24. The molecular weight excluding hydrogens is 231 g/mol. The molecule has 1 aromatic rings. The predicted octanol–water partition coefficient (Wildman–Crippen LogP) is 2.72. The van der Waals surface area contributed by atoms with Crippen LogP contribution in [-0.2, 0) is 11.2 Å². The molecule has 6 heteroatoms. The van der Waals surface area contributed by atoms with Gasteiger partial charge in [0.25, 0.3) is 0 Å². The molecule has 0 amide bonds. The maximum atomic E-state index is 11.9. The van der Waals surface area contributed by atoms with E-state index in [1.807, 2.05) is 0 Å². The largest absolute Gasteiger partial charge is 0.450 e. The molecule has 0 aromatic carbocycles. The average molecular weight is 238 g/mol. The predicted molar refractivity (Wildman–Crippen MR) is 48.8 cm³/mol. The highest BCUT2D eigenvalue weighted by molar-refractivity contribution is 6.30. The van der Waals surface area contributed by atoms with E-state index in [1.165, 1.54) is 12.3 Å². The lowest BCUT2D eigenvalue weighted by Gasteiger charge is -2.05. The molecule has 1 rings (SSSR count). The molecule has 0 fully saturated rings. The standard InChI is InChI=1S/C9H7ClF3NO/c1-5-2-6(4-14-8(5)10)3-7(15)9(11,12)13/h2,4H,3H2,1H3. The molecule has 0 bridgehead atoms. The van der Waals surface area contributed by atoms with E-state index in [2.05, 4.69) is 4.98 Å². The highest BCUT2D eigenvalue weighted by Gasteiger charge is 2.37. The fourth-order valence-corrected chi connectivity index (χ4v) is 1.10. The number of carbonyl (C=O) groups is 1. The molecule has 1 heterocycles. The zero-order chi connectivity index (χ0) is 11.6. The van der Waals surface area contributed by atoms with Crippen LogP contribution in [-0.4, -0.2) is 16.9 Å². The molecule has 0 atom stereocenters. The van der Waals surface area contributed by atoms with Gasteiger partial charge in [0, 0.05) is 12.6 Å². The zero-order valence-electron chi connectivity index (χ0n) is 7.73. The number of nitrogens with zero attached hydrogens (tertiary/aromatic N) is 1. The summed E-state index contributed by atoms with van der Waals surface area (Å²) in [5, 5.41) is 0.221. The number of carbonyl (C=O) groups excluding carboxylic acids is 1. The first-order valence-corrected chi connectivity index (χ1v) is 4.39. The van der Waals surface area contributed by atoms with Gasteiger partial charge in [-0.1, -0.05) is 17.7 Å². The Morgan fingerprint density at radius 2 is 2.13 bits per heavy atom. The van der Waals surface area contributed by atoms with Gasteiger partial charge in [0.05, 0.1) is 0 Å². The maximum absolute atomic E-state index is 11.9. The summed E-state index contributed by atoms with van der Waals surface area (Å²) >= 11 is 5.59. The summed E-state index contributed by atoms with van der Waals surface area (Å²) in [7, 11) is 0. The van der Waals surface area contributed by atoms with Crippen molar-refractivity contribution in [1.82, 2.24) is 4.98 Å². The van der Waals surface area contributed by atoms with Crippen LogP contribution in [0.1, 0.15) is 11.1 Å². The highest BCUT2D eigenvalue weighted by Crippen LogP contribution is 2.20. The van der Waals surface area contributed by atoms with Gasteiger partial charge in [-0.05, 0) is 18.1 Å².